The number of carbonyl (C=O) groups is 2. The average molecular weight is 384 g/mol. The molecular formula is C20H14ClNO5. The number of Topliss-reactive ketones (excluding diaryl/α,β-unsaturated/α-hetero) is 1. The summed E-state index contributed by atoms with van der Waals surface area (Å²) in [4.78, 5) is 27.2. The molecule has 6 nitrogen and oxygen atoms in total. The molecule has 0 fully saturated rings. The number of rotatable bonds is 4. The fourth-order valence-electron chi connectivity index (χ4n) is 3.23. The summed E-state index contributed by atoms with van der Waals surface area (Å²) in [5, 5.41) is 11.0. The van der Waals surface area contributed by atoms with E-state index in [-0.39, 0.29) is 11.3 Å². The van der Waals surface area contributed by atoms with Crippen LogP contribution >= 0.6 is 11.6 Å². The van der Waals surface area contributed by atoms with E-state index in [2.05, 4.69) is 0 Å². The van der Waals surface area contributed by atoms with Crippen molar-refractivity contribution < 1.29 is 23.5 Å². The van der Waals surface area contributed by atoms with Crippen molar-refractivity contribution in [2.75, 3.05) is 4.90 Å². The normalized spacial score (nSPS) is 17.0. The van der Waals surface area contributed by atoms with Gasteiger partial charge in [0.1, 0.15) is 11.8 Å². The van der Waals surface area contributed by atoms with Gasteiger partial charge in [-0.25, -0.2) is 0 Å². The maximum atomic E-state index is 12.9. The van der Waals surface area contributed by atoms with Gasteiger partial charge in [0, 0.05) is 10.7 Å². The van der Waals surface area contributed by atoms with E-state index >= 15 is 0 Å². The van der Waals surface area contributed by atoms with Gasteiger partial charge in [-0.15, -0.1) is 0 Å². The number of furan rings is 2. The van der Waals surface area contributed by atoms with E-state index in [9.17, 15) is 14.7 Å². The van der Waals surface area contributed by atoms with Crippen LogP contribution in [0.25, 0.3) is 0 Å². The third-order valence-electron chi connectivity index (χ3n) is 4.43. The maximum Gasteiger partial charge on any atom is 0.294 e. The van der Waals surface area contributed by atoms with Crippen LogP contribution in [0.15, 0.2) is 75.2 Å². The van der Waals surface area contributed by atoms with Crippen molar-refractivity contribution in [3.63, 3.8) is 0 Å². The number of aliphatic hydroxyl groups is 1. The van der Waals surface area contributed by atoms with Gasteiger partial charge in [0.15, 0.2) is 11.5 Å². The van der Waals surface area contributed by atoms with E-state index in [1.807, 2.05) is 0 Å². The highest BCUT2D eigenvalue weighted by Gasteiger charge is 2.47. The predicted octanol–water partition coefficient (Wildman–Crippen LogP) is 4.62. The van der Waals surface area contributed by atoms with Gasteiger partial charge in [-0.3, -0.25) is 14.5 Å². The first-order valence-electron chi connectivity index (χ1n) is 8.13. The number of hydrogen-bond acceptors (Lipinski definition) is 5. The third kappa shape index (κ3) is 2.74. The fourth-order valence-corrected chi connectivity index (χ4v) is 3.46. The molecule has 7 heteroatoms. The molecule has 0 radical (unpaired) electrons. The molecule has 3 aromatic rings. The zero-order valence-corrected chi connectivity index (χ0v) is 14.9. The lowest BCUT2D eigenvalue weighted by Crippen LogP contribution is -2.31. The highest BCUT2D eigenvalue weighted by Crippen LogP contribution is 2.43. The summed E-state index contributed by atoms with van der Waals surface area (Å²) in [6, 6.07) is 10.4. The SMILES string of the molecule is Cc1cc(Cl)ccc1N1C(=O)C(O)=C(C(=O)c2ccco2)C1c1ccco1. The van der Waals surface area contributed by atoms with E-state index in [1.165, 1.54) is 23.5 Å². The number of anilines is 1. The summed E-state index contributed by atoms with van der Waals surface area (Å²) in [6.07, 6.45) is 2.79. The molecular weight excluding hydrogens is 370 g/mol. The predicted molar refractivity (Wildman–Crippen MR) is 97.8 cm³/mol. The maximum absolute atomic E-state index is 12.9. The lowest BCUT2D eigenvalue weighted by Gasteiger charge is -2.26. The van der Waals surface area contributed by atoms with E-state index in [1.54, 1.807) is 43.3 Å². The number of amides is 1. The van der Waals surface area contributed by atoms with Gasteiger partial charge in [-0.1, -0.05) is 11.6 Å². The summed E-state index contributed by atoms with van der Waals surface area (Å²) < 4.78 is 10.6. The first kappa shape index (κ1) is 17.2. The minimum Gasteiger partial charge on any atom is -0.503 e. The van der Waals surface area contributed by atoms with Crippen molar-refractivity contribution in [3.8, 4) is 0 Å². The number of ketones is 1. The fraction of sp³-hybridized carbons (Fsp3) is 0.100. The molecule has 0 aliphatic carbocycles. The topological polar surface area (TPSA) is 83.9 Å². The molecule has 1 unspecified atom stereocenters. The largest absolute Gasteiger partial charge is 0.503 e. The number of aliphatic hydroxyl groups excluding tert-OH is 1. The van der Waals surface area contributed by atoms with Crippen LogP contribution in [0.5, 0.6) is 0 Å². The van der Waals surface area contributed by atoms with Gasteiger partial charge in [0.05, 0.1) is 18.1 Å². The Morgan fingerprint density at radius 2 is 1.89 bits per heavy atom. The summed E-state index contributed by atoms with van der Waals surface area (Å²) in [5.41, 5.74) is 1.13. The Hall–Kier alpha value is -3.25. The van der Waals surface area contributed by atoms with Crippen LogP contribution in [0.2, 0.25) is 5.02 Å². The van der Waals surface area contributed by atoms with Crippen LogP contribution in [0.3, 0.4) is 0 Å². The Balaban J connectivity index is 1.89. The number of halogens is 1. The molecule has 0 saturated heterocycles. The first-order valence-corrected chi connectivity index (χ1v) is 8.51. The zero-order chi connectivity index (χ0) is 19.1. The van der Waals surface area contributed by atoms with Crippen molar-refractivity contribution >= 4 is 29.0 Å². The molecule has 0 saturated carbocycles. The number of nitrogens with zero attached hydrogens (tertiary/aromatic N) is 1. The lowest BCUT2D eigenvalue weighted by atomic mass is 9.99. The minimum atomic E-state index is -0.926. The molecule has 1 atom stereocenters. The summed E-state index contributed by atoms with van der Waals surface area (Å²) in [7, 11) is 0. The second-order valence-electron chi connectivity index (χ2n) is 6.09. The highest BCUT2D eigenvalue weighted by atomic mass is 35.5. The molecule has 3 heterocycles. The van der Waals surface area contributed by atoms with Crippen molar-refractivity contribution in [1.82, 2.24) is 0 Å². The second kappa shape index (κ2) is 6.48. The van der Waals surface area contributed by atoms with E-state index in [0.717, 1.165) is 0 Å². The molecule has 1 aromatic carbocycles. The zero-order valence-electron chi connectivity index (χ0n) is 14.2. The number of benzene rings is 1. The van der Waals surface area contributed by atoms with Crippen LogP contribution in [0.4, 0.5) is 5.69 Å². The lowest BCUT2D eigenvalue weighted by molar-refractivity contribution is -0.117. The third-order valence-corrected chi connectivity index (χ3v) is 4.66. The Morgan fingerprint density at radius 1 is 1.15 bits per heavy atom. The van der Waals surface area contributed by atoms with Crippen LogP contribution in [-0.4, -0.2) is 16.8 Å². The molecule has 4 rings (SSSR count). The summed E-state index contributed by atoms with van der Waals surface area (Å²) in [6.45, 7) is 1.79. The Labute approximate surface area is 159 Å². The van der Waals surface area contributed by atoms with Gasteiger partial charge < -0.3 is 13.9 Å². The van der Waals surface area contributed by atoms with Crippen molar-refractivity contribution in [2.24, 2.45) is 0 Å². The second-order valence-corrected chi connectivity index (χ2v) is 6.53. The van der Waals surface area contributed by atoms with Gasteiger partial charge >= 0.3 is 0 Å². The van der Waals surface area contributed by atoms with Crippen LogP contribution in [-0.2, 0) is 4.79 Å². The Morgan fingerprint density at radius 3 is 2.52 bits per heavy atom. The Kier molecular flexibility index (Phi) is 4.12. The van der Waals surface area contributed by atoms with Crippen LogP contribution in [0.1, 0.15) is 27.9 Å². The van der Waals surface area contributed by atoms with Crippen molar-refractivity contribution in [1.29, 1.82) is 0 Å². The monoisotopic (exact) mass is 383 g/mol. The molecule has 1 aliphatic rings. The number of hydrogen-bond donors (Lipinski definition) is 1. The molecule has 1 N–H and O–H groups in total. The van der Waals surface area contributed by atoms with Gasteiger partial charge in [-0.2, -0.15) is 0 Å². The smallest absolute Gasteiger partial charge is 0.294 e. The standard InChI is InChI=1S/C20H14ClNO5/c1-11-10-12(21)6-7-13(11)22-17(14-4-2-8-26-14)16(19(24)20(22)25)18(23)15-5-3-9-27-15/h2-10,17,24H,1H3. The first-order chi connectivity index (χ1) is 13.0. The van der Waals surface area contributed by atoms with Crippen molar-refractivity contribution in [2.45, 2.75) is 13.0 Å². The molecule has 1 amide bonds. The van der Waals surface area contributed by atoms with E-state index in [4.69, 9.17) is 20.4 Å². The molecule has 2 aromatic heterocycles. The van der Waals surface area contributed by atoms with Gasteiger partial charge in [0.25, 0.3) is 5.91 Å². The Bertz CT molecular complexity index is 1050. The van der Waals surface area contributed by atoms with Gasteiger partial charge in [0.2, 0.25) is 5.78 Å². The van der Waals surface area contributed by atoms with E-state index < -0.39 is 23.5 Å². The quantitative estimate of drug-likeness (QED) is 0.664. The number of carbonyl (C=O) groups excluding carboxylic acids is 2. The molecule has 27 heavy (non-hydrogen) atoms. The molecule has 136 valence electrons. The van der Waals surface area contributed by atoms with Gasteiger partial charge in [-0.05, 0) is 55.0 Å². The molecule has 0 bridgehead atoms. The van der Waals surface area contributed by atoms with Crippen LogP contribution in [0, 0.1) is 6.92 Å². The minimum absolute atomic E-state index is 0.0237. The summed E-state index contributed by atoms with van der Waals surface area (Å²) >= 11 is 6.02. The molecule has 0 spiro atoms. The highest BCUT2D eigenvalue weighted by molar-refractivity contribution is 6.30. The summed E-state index contributed by atoms with van der Waals surface area (Å²) in [5.74, 6) is -1.54. The van der Waals surface area contributed by atoms with Crippen LogP contribution < -0.4 is 4.90 Å². The average Bonchev–Trinajstić information content (AvgIpc) is 3.38. The number of aryl methyl sites for hydroxylation is 1. The van der Waals surface area contributed by atoms with Crippen molar-refractivity contribution in [3.05, 3.63) is 88.4 Å². The molecule has 1 aliphatic heterocycles. The van der Waals surface area contributed by atoms with E-state index in [0.29, 0.717) is 22.0 Å².